The molecule has 0 fully saturated rings. The summed E-state index contributed by atoms with van der Waals surface area (Å²) in [6, 6.07) is 16.0. The third-order valence-corrected chi connectivity index (χ3v) is 6.63. The van der Waals surface area contributed by atoms with Gasteiger partial charge in [0, 0.05) is 24.2 Å². The summed E-state index contributed by atoms with van der Waals surface area (Å²) in [6.07, 6.45) is -0.203. The van der Waals surface area contributed by atoms with E-state index >= 15 is 0 Å². The fraction of sp³-hybridized carbons (Fsp3) is 0.364. The van der Waals surface area contributed by atoms with E-state index in [0.717, 1.165) is 11.1 Å². The molecule has 3 rings (SSSR count). The molecule has 0 aliphatic carbocycles. The number of benzene rings is 3. The zero-order valence-electron chi connectivity index (χ0n) is 25.1. The molecule has 0 aliphatic heterocycles. The Bertz CT molecular complexity index is 1380. The number of alkyl carbamates (subject to hydrolysis) is 1. The molecule has 0 saturated carbocycles. The van der Waals surface area contributed by atoms with Crippen LogP contribution in [0.25, 0.3) is 0 Å². The normalized spacial score (nSPS) is 12.6. The molecule has 9 heteroatoms. The van der Waals surface area contributed by atoms with Crippen LogP contribution >= 0.6 is 0 Å². The molecule has 2 atom stereocenters. The van der Waals surface area contributed by atoms with Crippen molar-refractivity contribution in [3.63, 3.8) is 0 Å². The maximum atomic E-state index is 14.4. The summed E-state index contributed by atoms with van der Waals surface area (Å²) in [4.78, 5) is 42.7. The standard InChI is InChI=1S/C33H41N3O6/c1-7-19-36(31(40)26(34-32(41)42-33(4,5)6)20-23-15-17-24(37)18-16-23)29(25-13-8-9-14-27(25)38)30(39)35-28-21(2)11-10-12-22(28)3/h8-18,26,29,37-38H,7,19-20H2,1-6H3,(H,34,41)(H,35,39). The number of ether oxygens (including phenoxy) is 1. The van der Waals surface area contributed by atoms with Crippen LogP contribution in [0.1, 0.15) is 62.4 Å². The SMILES string of the molecule is CCCN(C(=O)C(Cc1ccc(O)cc1)NC(=O)OC(C)(C)C)C(C(=O)Nc1c(C)cccc1C)c1ccccc1O. The van der Waals surface area contributed by atoms with E-state index in [1.54, 1.807) is 51.1 Å². The highest BCUT2D eigenvalue weighted by molar-refractivity contribution is 6.00. The minimum atomic E-state index is -1.21. The molecule has 0 spiro atoms. The van der Waals surface area contributed by atoms with Crippen molar-refractivity contribution < 1.29 is 29.3 Å². The number of phenolic OH excluding ortho intramolecular Hbond substituents is 2. The van der Waals surface area contributed by atoms with E-state index in [1.807, 2.05) is 39.0 Å². The second-order valence-electron chi connectivity index (χ2n) is 11.3. The Kier molecular flexibility index (Phi) is 10.6. The molecule has 42 heavy (non-hydrogen) atoms. The summed E-state index contributed by atoms with van der Waals surface area (Å²) in [5, 5.41) is 26.3. The second kappa shape index (κ2) is 13.9. The number of rotatable bonds is 10. The number of carbonyl (C=O) groups is 3. The summed E-state index contributed by atoms with van der Waals surface area (Å²) in [5.74, 6) is -1.10. The van der Waals surface area contributed by atoms with Crippen LogP contribution < -0.4 is 10.6 Å². The predicted octanol–water partition coefficient (Wildman–Crippen LogP) is 5.77. The number of nitrogens with one attached hydrogen (secondary N) is 2. The molecule has 3 aromatic carbocycles. The van der Waals surface area contributed by atoms with E-state index in [4.69, 9.17) is 4.74 Å². The molecule has 224 valence electrons. The molecule has 2 unspecified atom stereocenters. The van der Waals surface area contributed by atoms with Gasteiger partial charge in [-0.05, 0) is 75.9 Å². The monoisotopic (exact) mass is 575 g/mol. The fourth-order valence-electron chi connectivity index (χ4n) is 4.70. The molecule has 0 aliphatic rings. The van der Waals surface area contributed by atoms with E-state index in [0.29, 0.717) is 17.7 Å². The number of amides is 3. The molecule has 0 heterocycles. The first kappa shape index (κ1) is 32.0. The van der Waals surface area contributed by atoms with E-state index in [-0.39, 0.29) is 30.0 Å². The molecule has 9 nitrogen and oxygen atoms in total. The molecule has 0 aromatic heterocycles. The topological polar surface area (TPSA) is 128 Å². The third-order valence-electron chi connectivity index (χ3n) is 6.63. The highest BCUT2D eigenvalue weighted by Crippen LogP contribution is 2.32. The van der Waals surface area contributed by atoms with Crippen LogP contribution in [0.3, 0.4) is 0 Å². The van der Waals surface area contributed by atoms with Crippen LogP contribution in [0.4, 0.5) is 10.5 Å². The largest absolute Gasteiger partial charge is 0.508 e. The van der Waals surface area contributed by atoms with Crippen molar-refractivity contribution in [3.8, 4) is 11.5 Å². The van der Waals surface area contributed by atoms with Crippen LogP contribution in [0.5, 0.6) is 11.5 Å². The Morgan fingerprint density at radius 1 is 0.905 bits per heavy atom. The number of hydrogen-bond donors (Lipinski definition) is 4. The fourth-order valence-corrected chi connectivity index (χ4v) is 4.70. The molecule has 4 N–H and O–H groups in total. The molecular weight excluding hydrogens is 534 g/mol. The van der Waals surface area contributed by atoms with E-state index in [1.165, 1.54) is 23.1 Å². The minimum absolute atomic E-state index is 0.0668. The van der Waals surface area contributed by atoms with Crippen LogP contribution in [-0.4, -0.2) is 51.2 Å². The Hall–Kier alpha value is -4.53. The number of hydrogen-bond acceptors (Lipinski definition) is 6. The van der Waals surface area contributed by atoms with Crippen molar-refractivity contribution in [1.29, 1.82) is 0 Å². The molecule has 0 saturated heterocycles. The van der Waals surface area contributed by atoms with Crippen molar-refractivity contribution in [2.24, 2.45) is 0 Å². The lowest BCUT2D eigenvalue weighted by atomic mass is 9.99. The number of nitrogens with zero attached hydrogens (tertiary/aromatic N) is 1. The number of carbonyl (C=O) groups excluding carboxylic acids is 3. The first-order chi connectivity index (χ1) is 19.8. The molecule has 3 aromatic rings. The lowest BCUT2D eigenvalue weighted by Gasteiger charge is -2.35. The van der Waals surface area contributed by atoms with Gasteiger partial charge in [-0.2, -0.15) is 0 Å². The minimum Gasteiger partial charge on any atom is -0.508 e. The zero-order chi connectivity index (χ0) is 31.0. The predicted molar refractivity (Wildman–Crippen MR) is 162 cm³/mol. The number of anilines is 1. The quantitative estimate of drug-likeness (QED) is 0.243. The molecule has 3 amide bonds. The number of phenols is 2. The smallest absolute Gasteiger partial charge is 0.408 e. The van der Waals surface area contributed by atoms with E-state index in [9.17, 15) is 24.6 Å². The van der Waals surface area contributed by atoms with Crippen molar-refractivity contribution in [2.75, 3.05) is 11.9 Å². The molecule has 0 bridgehead atoms. The molecule has 0 radical (unpaired) electrons. The number of aromatic hydroxyl groups is 2. The average Bonchev–Trinajstić information content (AvgIpc) is 2.91. The number of para-hydroxylation sites is 2. The first-order valence-electron chi connectivity index (χ1n) is 14.0. The van der Waals surface area contributed by atoms with Crippen LogP contribution in [0, 0.1) is 13.8 Å². The highest BCUT2D eigenvalue weighted by atomic mass is 16.6. The van der Waals surface area contributed by atoms with Gasteiger partial charge in [0.05, 0.1) is 0 Å². The zero-order valence-corrected chi connectivity index (χ0v) is 25.1. The second-order valence-corrected chi connectivity index (χ2v) is 11.3. The van der Waals surface area contributed by atoms with Gasteiger partial charge in [-0.3, -0.25) is 9.59 Å². The van der Waals surface area contributed by atoms with Crippen molar-refractivity contribution in [1.82, 2.24) is 10.2 Å². The van der Waals surface area contributed by atoms with Gasteiger partial charge < -0.3 is 30.5 Å². The lowest BCUT2D eigenvalue weighted by molar-refractivity contribution is -0.140. The van der Waals surface area contributed by atoms with Gasteiger partial charge >= 0.3 is 6.09 Å². The van der Waals surface area contributed by atoms with E-state index in [2.05, 4.69) is 10.6 Å². The van der Waals surface area contributed by atoms with Crippen molar-refractivity contribution in [3.05, 3.63) is 89.0 Å². The Labute approximate surface area is 247 Å². The van der Waals surface area contributed by atoms with Crippen LogP contribution in [0.15, 0.2) is 66.7 Å². The summed E-state index contributed by atoms with van der Waals surface area (Å²) in [7, 11) is 0. The van der Waals surface area contributed by atoms with Crippen molar-refractivity contribution >= 4 is 23.6 Å². The summed E-state index contributed by atoms with van der Waals surface area (Å²) in [6.45, 7) is 11.0. The maximum absolute atomic E-state index is 14.4. The number of aryl methyl sites for hydroxylation is 2. The van der Waals surface area contributed by atoms with Gasteiger partial charge in [-0.15, -0.1) is 0 Å². The highest BCUT2D eigenvalue weighted by Gasteiger charge is 2.37. The Morgan fingerprint density at radius 2 is 1.52 bits per heavy atom. The van der Waals surface area contributed by atoms with E-state index < -0.39 is 35.6 Å². The van der Waals surface area contributed by atoms with Gasteiger partial charge in [0.1, 0.15) is 29.2 Å². The van der Waals surface area contributed by atoms with Gasteiger partial charge in [-0.25, -0.2) is 4.79 Å². The summed E-state index contributed by atoms with van der Waals surface area (Å²) in [5.41, 5.74) is 2.46. The lowest BCUT2D eigenvalue weighted by Crippen LogP contribution is -2.53. The van der Waals surface area contributed by atoms with Gasteiger partial charge in [0.2, 0.25) is 5.91 Å². The maximum Gasteiger partial charge on any atom is 0.408 e. The van der Waals surface area contributed by atoms with Gasteiger partial charge in [0.15, 0.2) is 0 Å². The van der Waals surface area contributed by atoms with Gasteiger partial charge in [0.25, 0.3) is 5.91 Å². The summed E-state index contributed by atoms with van der Waals surface area (Å²) < 4.78 is 5.45. The Morgan fingerprint density at radius 3 is 2.10 bits per heavy atom. The Balaban J connectivity index is 2.08. The summed E-state index contributed by atoms with van der Waals surface area (Å²) >= 11 is 0. The van der Waals surface area contributed by atoms with Gasteiger partial charge in [-0.1, -0.05) is 55.5 Å². The average molecular weight is 576 g/mol. The van der Waals surface area contributed by atoms with Crippen LogP contribution in [0.2, 0.25) is 0 Å². The first-order valence-corrected chi connectivity index (χ1v) is 14.0. The van der Waals surface area contributed by atoms with Crippen molar-refractivity contribution in [2.45, 2.75) is 72.1 Å². The van der Waals surface area contributed by atoms with Crippen LogP contribution in [-0.2, 0) is 20.7 Å². The molecular formula is C33H41N3O6. The third kappa shape index (κ3) is 8.49.